The molecule has 1 atom stereocenters. The lowest BCUT2D eigenvalue weighted by molar-refractivity contribution is -0.141. The van der Waals surface area contributed by atoms with Crippen LogP contribution < -0.4 is 10.2 Å². The maximum atomic E-state index is 14.5. The van der Waals surface area contributed by atoms with Crippen molar-refractivity contribution < 1.29 is 17.9 Å². The van der Waals surface area contributed by atoms with Crippen LogP contribution in [0.4, 0.5) is 19.0 Å². The van der Waals surface area contributed by atoms with Crippen LogP contribution in [0.15, 0.2) is 30.6 Å². The predicted molar refractivity (Wildman–Crippen MR) is 141 cm³/mol. The number of aryl methyl sites for hydroxylation is 1. The number of morpholine rings is 1. The molecule has 39 heavy (non-hydrogen) atoms. The van der Waals surface area contributed by atoms with Gasteiger partial charge >= 0.3 is 6.18 Å². The molecule has 0 bridgehead atoms. The van der Waals surface area contributed by atoms with Gasteiger partial charge in [-0.15, -0.1) is 0 Å². The fraction of sp³-hybridized carbons (Fsp3) is 0.481. The van der Waals surface area contributed by atoms with Gasteiger partial charge < -0.3 is 19.5 Å². The van der Waals surface area contributed by atoms with Crippen molar-refractivity contribution in [3.05, 3.63) is 42.0 Å². The number of rotatable bonds is 4. The Morgan fingerprint density at radius 1 is 1.13 bits per heavy atom. The number of nitrogens with one attached hydrogen (secondary N) is 1. The lowest BCUT2D eigenvalue weighted by Gasteiger charge is -2.34. The number of hydrogen-bond donors (Lipinski definition) is 1. The fourth-order valence-corrected chi connectivity index (χ4v) is 5.69. The van der Waals surface area contributed by atoms with Gasteiger partial charge in [-0.25, -0.2) is 15.0 Å². The number of nitrogens with zero attached hydrogens (tertiary/aromatic N) is 7. The summed E-state index contributed by atoms with van der Waals surface area (Å²) in [5, 5.41) is 8.25. The van der Waals surface area contributed by atoms with E-state index in [1.54, 1.807) is 23.9 Å². The van der Waals surface area contributed by atoms with E-state index in [4.69, 9.17) is 14.7 Å². The van der Waals surface area contributed by atoms with Crippen molar-refractivity contribution >= 4 is 16.9 Å². The molecule has 0 amide bonds. The first-order valence-corrected chi connectivity index (χ1v) is 13.2. The van der Waals surface area contributed by atoms with Crippen molar-refractivity contribution in [3.8, 4) is 22.6 Å². The Balaban J connectivity index is 1.58. The van der Waals surface area contributed by atoms with Crippen molar-refractivity contribution in [1.29, 1.82) is 0 Å². The summed E-state index contributed by atoms with van der Waals surface area (Å²) >= 11 is 0. The minimum Gasteiger partial charge on any atom is -0.377 e. The number of ether oxygens (including phenoxy) is 1. The summed E-state index contributed by atoms with van der Waals surface area (Å²) in [6.45, 7) is 6.81. The Kier molecular flexibility index (Phi) is 6.54. The zero-order chi connectivity index (χ0) is 27.3. The Morgan fingerprint density at radius 2 is 1.92 bits per heavy atom. The van der Waals surface area contributed by atoms with Crippen molar-refractivity contribution in [2.45, 2.75) is 44.9 Å². The molecule has 2 fully saturated rings. The largest absolute Gasteiger partial charge is 0.435 e. The van der Waals surface area contributed by atoms with Gasteiger partial charge in [0.05, 0.1) is 36.6 Å². The first kappa shape index (κ1) is 25.8. The van der Waals surface area contributed by atoms with Crippen LogP contribution in [0.2, 0.25) is 0 Å². The summed E-state index contributed by atoms with van der Waals surface area (Å²) in [4.78, 5) is 16.2. The number of anilines is 1. The molecule has 0 aliphatic carbocycles. The number of alkyl halides is 3. The molecule has 12 heteroatoms. The van der Waals surface area contributed by atoms with Gasteiger partial charge in [-0.1, -0.05) is 0 Å². The molecule has 0 saturated carbocycles. The number of piperidine rings is 1. The molecule has 206 valence electrons. The molecule has 0 aromatic carbocycles. The molecule has 0 unspecified atom stereocenters. The molecule has 2 saturated heterocycles. The monoisotopic (exact) mass is 540 g/mol. The lowest BCUT2D eigenvalue weighted by Crippen LogP contribution is -2.44. The van der Waals surface area contributed by atoms with E-state index in [0.717, 1.165) is 24.1 Å². The van der Waals surface area contributed by atoms with Gasteiger partial charge in [0, 0.05) is 48.7 Å². The minimum atomic E-state index is -4.64. The molecule has 4 aromatic heterocycles. The van der Waals surface area contributed by atoms with E-state index < -0.39 is 11.9 Å². The highest BCUT2D eigenvalue weighted by molar-refractivity contribution is 5.92. The zero-order valence-corrected chi connectivity index (χ0v) is 22.2. The number of halogens is 3. The van der Waals surface area contributed by atoms with Gasteiger partial charge in [0.25, 0.3) is 0 Å². The van der Waals surface area contributed by atoms with E-state index in [9.17, 15) is 13.2 Å². The van der Waals surface area contributed by atoms with Crippen LogP contribution in [0.5, 0.6) is 0 Å². The molecule has 1 N–H and O–H groups in total. The number of pyridine rings is 1. The summed E-state index contributed by atoms with van der Waals surface area (Å²) in [5.41, 5.74) is 1.21. The topological polar surface area (TPSA) is 85.9 Å². The number of fused-ring (bicyclic) bond motifs is 1. The number of aromatic nitrogens is 6. The average Bonchev–Trinajstić information content (AvgIpc) is 3.49. The summed E-state index contributed by atoms with van der Waals surface area (Å²) < 4.78 is 52.5. The van der Waals surface area contributed by atoms with E-state index in [2.05, 4.69) is 20.3 Å². The highest BCUT2D eigenvalue weighted by atomic mass is 19.4. The third-order valence-electron chi connectivity index (χ3n) is 7.71. The van der Waals surface area contributed by atoms with Gasteiger partial charge in [0.1, 0.15) is 11.5 Å². The number of hydrogen-bond acceptors (Lipinski definition) is 7. The van der Waals surface area contributed by atoms with Crippen molar-refractivity contribution in [1.82, 2.24) is 34.6 Å². The standard InChI is InChI=1S/C27H31F3N8O/c1-16-15-39-13-12-37(16)22-14-21(33-25(34-22)19-6-10-32-26-20(19)7-11-36(26)3)23-17(2)38(18-4-8-31-9-5-18)35-24(23)27(28,29)30/h6-7,10-11,14,16,18,31H,4-5,8-9,12-13,15H2,1-3H3/t16-/m1/s1. The SMILES string of the molecule is Cc1c(-c2cc(N3CCOC[C@H]3C)nc(-c3ccnc4c3ccn4C)n2)c(C(F)(F)F)nn1C1CCNCC1. The van der Waals surface area contributed by atoms with E-state index in [0.29, 0.717) is 55.5 Å². The fourth-order valence-electron chi connectivity index (χ4n) is 5.69. The van der Waals surface area contributed by atoms with Crippen LogP contribution in [0, 0.1) is 6.92 Å². The second-order valence-electron chi connectivity index (χ2n) is 10.3. The normalized spacial score (nSPS) is 19.2. The second kappa shape index (κ2) is 9.91. The molecule has 0 radical (unpaired) electrons. The molecular formula is C27H31F3N8O. The summed E-state index contributed by atoms with van der Waals surface area (Å²) in [6.07, 6.45) is 0.359. The third kappa shape index (κ3) is 4.65. The summed E-state index contributed by atoms with van der Waals surface area (Å²) in [5.74, 6) is 0.913. The van der Waals surface area contributed by atoms with Crippen LogP contribution in [-0.2, 0) is 18.0 Å². The van der Waals surface area contributed by atoms with Gasteiger partial charge in [0.2, 0.25) is 0 Å². The average molecular weight is 541 g/mol. The molecule has 2 aliphatic heterocycles. The second-order valence-corrected chi connectivity index (χ2v) is 10.3. The Morgan fingerprint density at radius 3 is 2.67 bits per heavy atom. The Labute approximate surface area is 224 Å². The molecule has 9 nitrogen and oxygen atoms in total. The zero-order valence-electron chi connectivity index (χ0n) is 22.2. The molecule has 0 spiro atoms. The molecule has 4 aromatic rings. The maximum absolute atomic E-state index is 14.5. The smallest absolute Gasteiger partial charge is 0.377 e. The molecular weight excluding hydrogens is 509 g/mol. The van der Waals surface area contributed by atoms with Gasteiger partial charge in [-0.3, -0.25) is 4.68 Å². The predicted octanol–water partition coefficient (Wildman–Crippen LogP) is 4.37. The van der Waals surface area contributed by atoms with Crippen LogP contribution in [0.1, 0.15) is 37.2 Å². The first-order chi connectivity index (χ1) is 18.7. The minimum absolute atomic E-state index is 0.00387. The lowest BCUT2D eigenvalue weighted by atomic mass is 10.0. The van der Waals surface area contributed by atoms with E-state index in [1.807, 2.05) is 36.9 Å². The van der Waals surface area contributed by atoms with Gasteiger partial charge in [-0.05, 0) is 51.9 Å². The quantitative estimate of drug-likeness (QED) is 0.412. The van der Waals surface area contributed by atoms with Gasteiger partial charge in [-0.2, -0.15) is 18.3 Å². The van der Waals surface area contributed by atoms with E-state index in [1.165, 1.54) is 0 Å². The van der Waals surface area contributed by atoms with Crippen molar-refractivity contribution in [2.75, 3.05) is 37.7 Å². The Bertz CT molecular complexity index is 1500. The van der Waals surface area contributed by atoms with Crippen LogP contribution in [0.25, 0.3) is 33.7 Å². The highest BCUT2D eigenvalue weighted by Gasteiger charge is 2.41. The van der Waals surface area contributed by atoms with Crippen LogP contribution >= 0.6 is 0 Å². The molecule has 6 rings (SSSR count). The molecule has 2 aliphatic rings. The van der Waals surface area contributed by atoms with Gasteiger partial charge in [0.15, 0.2) is 11.5 Å². The first-order valence-electron chi connectivity index (χ1n) is 13.2. The maximum Gasteiger partial charge on any atom is 0.435 e. The van der Waals surface area contributed by atoms with E-state index >= 15 is 0 Å². The Hall–Kier alpha value is -3.51. The van der Waals surface area contributed by atoms with Crippen molar-refractivity contribution in [2.24, 2.45) is 7.05 Å². The summed E-state index contributed by atoms with van der Waals surface area (Å²) in [6, 6.07) is 5.30. The third-order valence-corrected chi connectivity index (χ3v) is 7.71. The van der Waals surface area contributed by atoms with Crippen LogP contribution in [-0.4, -0.2) is 68.2 Å². The summed E-state index contributed by atoms with van der Waals surface area (Å²) in [7, 11) is 1.89. The highest BCUT2D eigenvalue weighted by Crippen LogP contribution is 2.41. The van der Waals surface area contributed by atoms with E-state index in [-0.39, 0.29) is 23.3 Å². The van der Waals surface area contributed by atoms with Crippen molar-refractivity contribution in [3.63, 3.8) is 0 Å². The molecule has 6 heterocycles. The van der Waals surface area contributed by atoms with Crippen LogP contribution in [0.3, 0.4) is 0 Å².